The van der Waals surface area contributed by atoms with Crippen molar-refractivity contribution in [2.24, 2.45) is 4.99 Å². The van der Waals surface area contributed by atoms with Gasteiger partial charge in [0.2, 0.25) is 11.7 Å². The molecule has 3 rings (SSSR count). The van der Waals surface area contributed by atoms with Crippen LogP contribution in [-0.2, 0) is 14.4 Å². The number of benzene rings is 2. The molecule has 0 unspecified atom stereocenters. The zero-order valence-electron chi connectivity index (χ0n) is 15.5. The number of aliphatic imine (C=N–C) groups is 1. The molecule has 150 valence electrons. The Labute approximate surface area is 164 Å². The molecule has 0 bridgehead atoms. The van der Waals surface area contributed by atoms with E-state index in [9.17, 15) is 23.2 Å². The second-order valence-corrected chi connectivity index (χ2v) is 6.29. The van der Waals surface area contributed by atoms with Gasteiger partial charge in [0.15, 0.2) is 11.6 Å². The van der Waals surface area contributed by atoms with Gasteiger partial charge in [-0.15, -0.1) is 0 Å². The van der Waals surface area contributed by atoms with Crippen LogP contribution in [0.1, 0.15) is 12.5 Å². The Morgan fingerprint density at radius 3 is 2.24 bits per heavy atom. The van der Waals surface area contributed by atoms with Crippen molar-refractivity contribution in [3.63, 3.8) is 0 Å². The van der Waals surface area contributed by atoms with Gasteiger partial charge in [-0.1, -0.05) is 17.7 Å². The van der Waals surface area contributed by atoms with Crippen molar-refractivity contribution in [3.8, 4) is 0 Å². The van der Waals surface area contributed by atoms with E-state index in [2.05, 4.69) is 21.1 Å². The standard InChI is InChI=1S/C19H17F2N5O3/c1-10-3-5-12(6-4-10)26-17(28)9-22-18(25-26)19(29)24-16-8-14(21)13(20)7-15(16)23-11(2)27/h3-8H,9H2,1-2H3,(H,22,25)(H,23,27)(H,24,29). The number of amides is 3. The van der Waals surface area contributed by atoms with Crippen molar-refractivity contribution in [2.75, 3.05) is 22.2 Å². The van der Waals surface area contributed by atoms with Crippen LogP contribution in [0.2, 0.25) is 0 Å². The highest BCUT2D eigenvalue weighted by atomic mass is 19.2. The predicted octanol–water partition coefficient (Wildman–Crippen LogP) is 2.12. The molecule has 0 fully saturated rings. The molecule has 2 aromatic rings. The Bertz CT molecular complexity index is 1020. The summed E-state index contributed by atoms with van der Waals surface area (Å²) in [6, 6.07) is 8.50. The van der Waals surface area contributed by atoms with Crippen molar-refractivity contribution < 1.29 is 23.2 Å². The zero-order valence-corrected chi connectivity index (χ0v) is 15.5. The second-order valence-electron chi connectivity index (χ2n) is 6.29. The molecule has 8 nitrogen and oxygen atoms in total. The fourth-order valence-corrected chi connectivity index (χ4v) is 2.57. The Kier molecular flexibility index (Phi) is 5.53. The summed E-state index contributed by atoms with van der Waals surface area (Å²) >= 11 is 0. The van der Waals surface area contributed by atoms with E-state index in [4.69, 9.17) is 0 Å². The van der Waals surface area contributed by atoms with E-state index >= 15 is 0 Å². The van der Waals surface area contributed by atoms with E-state index in [1.807, 2.05) is 6.92 Å². The number of aryl methyl sites for hydroxylation is 1. The Morgan fingerprint density at radius 1 is 1.07 bits per heavy atom. The van der Waals surface area contributed by atoms with E-state index in [1.54, 1.807) is 24.3 Å². The highest BCUT2D eigenvalue weighted by Gasteiger charge is 2.26. The monoisotopic (exact) mass is 401 g/mol. The van der Waals surface area contributed by atoms with Gasteiger partial charge in [0.05, 0.1) is 17.1 Å². The number of rotatable bonds is 4. The van der Waals surface area contributed by atoms with Crippen molar-refractivity contribution >= 4 is 40.6 Å². The molecule has 0 aromatic heterocycles. The number of nitrogens with one attached hydrogen (secondary N) is 3. The topological polar surface area (TPSA) is 103 Å². The maximum absolute atomic E-state index is 13.6. The van der Waals surface area contributed by atoms with Gasteiger partial charge in [-0.2, -0.15) is 0 Å². The summed E-state index contributed by atoms with van der Waals surface area (Å²) in [5, 5.41) is 5.84. The lowest BCUT2D eigenvalue weighted by atomic mass is 10.2. The Morgan fingerprint density at radius 2 is 1.66 bits per heavy atom. The lowest BCUT2D eigenvalue weighted by molar-refractivity contribution is -0.118. The van der Waals surface area contributed by atoms with E-state index in [1.165, 1.54) is 11.9 Å². The molecule has 1 aliphatic rings. The smallest absolute Gasteiger partial charge is 0.292 e. The van der Waals surface area contributed by atoms with E-state index < -0.39 is 23.4 Å². The largest absolute Gasteiger partial charge is 0.324 e. The number of anilines is 3. The lowest BCUT2D eigenvalue weighted by Gasteiger charge is -2.27. The minimum absolute atomic E-state index is 0.118. The molecule has 2 aromatic carbocycles. The SMILES string of the molecule is CC(=O)Nc1cc(F)c(F)cc1NC(=O)C1=NCC(=O)N(c2ccc(C)cc2)N1. The van der Waals surface area contributed by atoms with E-state index in [0.717, 1.165) is 17.7 Å². The van der Waals surface area contributed by atoms with Gasteiger partial charge in [-0.05, 0) is 19.1 Å². The van der Waals surface area contributed by atoms with Crippen LogP contribution in [0.15, 0.2) is 41.4 Å². The summed E-state index contributed by atoms with van der Waals surface area (Å²) in [5.74, 6) is -4.30. The lowest BCUT2D eigenvalue weighted by Crippen LogP contribution is -2.54. The minimum atomic E-state index is -1.20. The number of hydrogen-bond acceptors (Lipinski definition) is 5. The number of hydrazine groups is 1. The van der Waals surface area contributed by atoms with Crippen molar-refractivity contribution in [1.82, 2.24) is 5.43 Å². The molecule has 1 aliphatic heterocycles. The quantitative estimate of drug-likeness (QED) is 0.730. The molecule has 29 heavy (non-hydrogen) atoms. The summed E-state index contributed by atoms with van der Waals surface area (Å²) in [6.45, 7) is 2.80. The van der Waals surface area contributed by atoms with Crippen LogP contribution < -0.4 is 21.1 Å². The number of carbonyl (C=O) groups excluding carboxylic acids is 3. The van der Waals surface area contributed by atoms with Crippen molar-refractivity contribution in [1.29, 1.82) is 0 Å². The van der Waals surface area contributed by atoms with Gasteiger partial charge in [-0.25, -0.2) is 13.8 Å². The maximum atomic E-state index is 13.6. The Hall–Kier alpha value is -3.82. The first kappa shape index (κ1) is 19.9. The molecule has 0 saturated carbocycles. The van der Waals surface area contributed by atoms with Crippen LogP contribution >= 0.6 is 0 Å². The highest BCUT2D eigenvalue weighted by molar-refractivity contribution is 6.43. The molecule has 1 heterocycles. The maximum Gasteiger partial charge on any atom is 0.292 e. The molecular weight excluding hydrogens is 384 g/mol. The summed E-state index contributed by atoms with van der Waals surface area (Å²) in [6.07, 6.45) is 0. The third-order valence-electron chi connectivity index (χ3n) is 3.97. The molecular formula is C19H17F2N5O3. The van der Waals surface area contributed by atoms with Crippen LogP contribution in [0.4, 0.5) is 25.8 Å². The van der Waals surface area contributed by atoms with Crippen LogP contribution in [-0.4, -0.2) is 30.1 Å². The fourth-order valence-electron chi connectivity index (χ4n) is 2.57. The minimum Gasteiger partial charge on any atom is -0.324 e. The van der Waals surface area contributed by atoms with Crippen LogP contribution in [0.5, 0.6) is 0 Å². The Balaban J connectivity index is 1.82. The van der Waals surface area contributed by atoms with Gasteiger partial charge >= 0.3 is 0 Å². The number of carbonyl (C=O) groups is 3. The van der Waals surface area contributed by atoms with Crippen LogP contribution in [0.3, 0.4) is 0 Å². The average molecular weight is 401 g/mol. The third kappa shape index (κ3) is 4.54. The third-order valence-corrected chi connectivity index (χ3v) is 3.97. The summed E-state index contributed by atoms with van der Waals surface area (Å²) in [5.41, 5.74) is 3.84. The van der Waals surface area contributed by atoms with Gasteiger partial charge < -0.3 is 10.6 Å². The molecule has 3 amide bonds. The van der Waals surface area contributed by atoms with Gasteiger partial charge in [0.1, 0.15) is 6.54 Å². The predicted molar refractivity (Wildman–Crippen MR) is 103 cm³/mol. The van der Waals surface area contributed by atoms with E-state index in [0.29, 0.717) is 5.69 Å². The summed E-state index contributed by atoms with van der Waals surface area (Å²) in [4.78, 5) is 39.9. The summed E-state index contributed by atoms with van der Waals surface area (Å²) < 4.78 is 27.1. The average Bonchev–Trinajstić information content (AvgIpc) is 2.66. The molecule has 3 N–H and O–H groups in total. The fraction of sp³-hybridized carbons (Fsp3) is 0.158. The van der Waals surface area contributed by atoms with Gasteiger partial charge in [-0.3, -0.25) is 24.8 Å². The molecule has 0 atom stereocenters. The summed E-state index contributed by atoms with van der Waals surface area (Å²) in [7, 11) is 0. The normalized spacial score (nSPS) is 13.4. The second kappa shape index (κ2) is 8.05. The van der Waals surface area contributed by atoms with Crippen LogP contribution in [0.25, 0.3) is 0 Å². The highest BCUT2D eigenvalue weighted by Crippen LogP contribution is 2.25. The molecule has 0 radical (unpaired) electrons. The molecule has 10 heteroatoms. The first-order chi connectivity index (χ1) is 13.7. The van der Waals surface area contributed by atoms with Crippen molar-refractivity contribution in [2.45, 2.75) is 13.8 Å². The first-order valence-electron chi connectivity index (χ1n) is 8.53. The number of hydrogen-bond donors (Lipinski definition) is 3. The molecule has 0 spiro atoms. The van der Waals surface area contributed by atoms with Crippen LogP contribution in [0, 0.1) is 18.6 Å². The van der Waals surface area contributed by atoms with Gasteiger partial charge in [0, 0.05) is 19.1 Å². The van der Waals surface area contributed by atoms with Gasteiger partial charge in [0.25, 0.3) is 11.8 Å². The number of nitrogens with zero attached hydrogens (tertiary/aromatic N) is 2. The van der Waals surface area contributed by atoms with E-state index in [-0.39, 0.29) is 29.7 Å². The van der Waals surface area contributed by atoms with Crippen molar-refractivity contribution in [3.05, 3.63) is 53.6 Å². The first-order valence-corrected chi connectivity index (χ1v) is 8.53. The number of amidine groups is 1. The molecule has 0 aliphatic carbocycles. The zero-order chi connectivity index (χ0) is 21.1. The number of halogens is 2. The molecule has 0 saturated heterocycles.